The van der Waals surface area contributed by atoms with E-state index in [4.69, 9.17) is 0 Å². The van der Waals surface area contributed by atoms with Crippen LogP contribution in [0.25, 0.3) is 0 Å². The van der Waals surface area contributed by atoms with Gasteiger partial charge in [0.1, 0.15) is 0 Å². The Hall–Kier alpha value is -1.00. The normalized spacial score (nSPS) is 19.5. The van der Waals surface area contributed by atoms with Crippen molar-refractivity contribution in [2.75, 3.05) is 33.7 Å². The van der Waals surface area contributed by atoms with Gasteiger partial charge in [-0.2, -0.15) is 0 Å². The maximum Gasteiger partial charge on any atom is 0.242 e. The van der Waals surface area contributed by atoms with E-state index in [1.54, 1.807) is 0 Å². The van der Waals surface area contributed by atoms with Gasteiger partial charge in [0.2, 0.25) is 20.0 Å². The zero-order valence-corrected chi connectivity index (χ0v) is 15.7. The Morgan fingerprint density at radius 1 is 1.21 bits per heavy atom. The molecule has 1 aliphatic heterocycles. The summed E-state index contributed by atoms with van der Waals surface area (Å²) in [4.78, 5) is -0.0703. The van der Waals surface area contributed by atoms with Crippen molar-refractivity contribution in [1.82, 2.24) is 14.3 Å². The summed E-state index contributed by atoms with van der Waals surface area (Å²) in [5.41, 5.74) is 0. The molecule has 0 aliphatic carbocycles. The lowest BCUT2D eigenvalue weighted by Crippen LogP contribution is -2.33. The van der Waals surface area contributed by atoms with Gasteiger partial charge in [0.15, 0.2) is 0 Å². The highest BCUT2D eigenvalue weighted by Crippen LogP contribution is 2.18. The molecule has 9 heteroatoms. The maximum atomic E-state index is 12.4. The zero-order chi connectivity index (χ0) is 17.8. The average molecular weight is 376 g/mol. The average Bonchev–Trinajstić information content (AvgIpc) is 2.55. The number of hydrogen-bond donors (Lipinski definition) is 2. The molecule has 1 atom stereocenters. The molecule has 0 aromatic heterocycles. The number of rotatable bonds is 7. The molecule has 2 rings (SSSR count). The summed E-state index contributed by atoms with van der Waals surface area (Å²) in [7, 11) is -4.57. The number of hydrogen-bond acceptors (Lipinski definition) is 5. The van der Waals surface area contributed by atoms with E-state index in [1.807, 2.05) is 0 Å². The summed E-state index contributed by atoms with van der Waals surface area (Å²) >= 11 is 0. The molecule has 1 aromatic carbocycles. The van der Waals surface area contributed by atoms with Crippen LogP contribution >= 0.6 is 0 Å². The van der Waals surface area contributed by atoms with Gasteiger partial charge in [0.25, 0.3) is 0 Å². The predicted octanol–water partition coefficient (Wildman–Crippen LogP) is 0.605. The van der Waals surface area contributed by atoms with Gasteiger partial charge >= 0.3 is 0 Å². The highest BCUT2D eigenvalue weighted by atomic mass is 32.2. The van der Waals surface area contributed by atoms with E-state index < -0.39 is 20.0 Å². The monoisotopic (exact) mass is 375 g/mol. The highest BCUT2D eigenvalue weighted by Gasteiger charge is 2.21. The van der Waals surface area contributed by atoms with E-state index >= 15 is 0 Å². The van der Waals surface area contributed by atoms with Crippen molar-refractivity contribution < 1.29 is 16.8 Å². The summed E-state index contributed by atoms with van der Waals surface area (Å²) < 4.78 is 52.7. The van der Waals surface area contributed by atoms with Gasteiger partial charge in [-0.1, -0.05) is 6.07 Å². The molecule has 0 amide bonds. The summed E-state index contributed by atoms with van der Waals surface area (Å²) in [6, 6.07) is 5.43. The van der Waals surface area contributed by atoms with Crippen LogP contribution in [0.15, 0.2) is 34.1 Å². The molecule has 1 fully saturated rings. The largest absolute Gasteiger partial charge is 0.316 e. The van der Waals surface area contributed by atoms with Crippen LogP contribution in [0.3, 0.4) is 0 Å². The molecule has 1 unspecified atom stereocenters. The molecule has 1 aliphatic rings. The molecule has 0 spiro atoms. The Morgan fingerprint density at radius 3 is 2.54 bits per heavy atom. The Bertz CT molecular complexity index is 755. The van der Waals surface area contributed by atoms with Gasteiger partial charge in [0, 0.05) is 20.6 Å². The molecule has 1 heterocycles. The van der Waals surface area contributed by atoms with Crippen molar-refractivity contribution in [3.63, 3.8) is 0 Å². The van der Waals surface area contributed by atoms with Crippen LogP contribution in [0.1, 0.15) is 19.3 Å². The SMILES string of the molecule is CN(C)S(=O)(=O)c1cccc(S(=O)(=O)NCCC2CCCNC2)c1. The molecule has 0 bridgehead atoms. The van der Waals surface area contributed by atoms with Gasteiger partial charge in [0.05, 0.1) is 9.79 Å². The Labute approximate surface area is 144 Å². The summed E-state index contributed by atoms with van der Waals surface area (Å²) in [6.07, 6.45) is 2.98. The van der Waals surface area contributed by atoms with Crippen molar-refractivity contribution in [3.8, 4) is 0 Å². The Kier molecular flexibility index (Phi) is 6.38. The van der Waals surface area contributed by atoms with Gasteiger partial charge in [-0.05, 0) is 56.5 Å². The number of benzene rings is 1. The molecular weight excluding hydrogens is 350 g/mol. The molecule has 1 aromatic rings. The number of piperidine rings is 1. The first kappa shape index (κ1) is 19.3. The lowest BCUT2D eigenvalue weighted by Gasteiger charge is -2.22. The second-order valence-corrected chi connectivity index (χ2v) is 10.1. The molecule has 7 nitrogen and oxygen atoms in total. The van der Waals surface area contributed by atoms with E-state index in [0.29, 0.717) is 12.5 Å². The fraction of sp³-hybridized carbons (Fsp3) is 0.600. The maximum absolute atomic E-state index is 12.4. The molecule has 0 saturated carbocycles. The molecule has 136 valence electrons. The highest BCUT2D eigenvalue weighted by molar-refractivity contribution is 7.90. The minimum atomic E-state index is -3.72. The van der Waals surface area contributed by atoms with Crippen LogP contribution in [0, 0.1) is 5.92 Å². The third-order valence-corrected chi connectivity index (χ3v) is 7.41. The Balaban J connectivity index is 2.06. The van der Waals surface area contributed by atoms with Gasteiger partial charge in [-0.3, -0.25) is 0 Å². The van der Waals surface area contributed by atoms with E-state index in [9.17, 15) is 16.8 Å². The standard InChI is InChI=1S/C15H25N3O4S2/c1-18(2)24(21,22)15-7-3-6-14(11-15)23(19,20)17-10-8-13-5-4-9-16-12-13/h3,6-7,11,13,16-17H,4-5,8-10,12H2,1-2H3. The van der Waals surface area contributed by atoms with Crippen molar-refractivity contribution in [1.29, 1.82) is 0 Å². The molecule has 1 saturated heterocycles. The minimum Gasteiger partial charge on any atom is -0.316 e. The van der Waals surface area contributed by atoms with Crippen LogP contribution in [0.2, 0.25) is 0 Å². The van der Waals surface area contributed by atoms with E-state index in [2.05, 4.69) is 10.0 Å². The number of nitrogens with one attached hydrogen (secondary N) is 2. The summed E-state index contributed by atoms with van der Waals surface area (Å²) in [5, 5.41) is 3.30. The minimum absolute atomic E-state index is 0.0350. The van der Waals surface area contributed by atoms with Gasteiger partial charge < -0.3 is 5.32 Å². The molecular formula is C15H25N3O4S2. The first-order valence-electron chi connectivity index (χ1n) is 7.96. The lowest BCUT2D eigenvalue weighted by molar-refractivity contribution is 0.358. The van der Waals surface area contributed by atoms with Crippen molar-refractivity contribution in [2.45, 2.75) is 29.1 Å². The van der Waals surface area contributed by atoms with Crippen molar-refractivity contribution >= 4 is 20.0 Å². The van der Waals surface area contributed by atoms with Crippen LogP contribution in [0.4, 0.5) is 0 Å². The fourth-order valence-corrected chi connectivity index (χ4v) is 4.78. The third-order valence-electron chi connectivity index (χ3n) is 4.14. The third kappa shape index (κ3) is 4.76. The molecule has 2 N–H and O–H groups in total. The van der Waals surface area contributed by atoms with E-state index in [1.165, 1.54) is 38.4 Å². The van der Waals surface area contributed by atoms with E-state index in [0.717, 1.165) is 36.7 Å². The lowest BCUT2D eigenvalue weighted by atomic mass is 9.96. The topological polar surface area (TPSA) is 95.6 Å². The Morgan fingerprint density at radius 2 is 1.92 bits per heavy atom. The van der Waals surface area contributed by atoms with Gasteiger partial charge in [-0.25, -0.2) is 25.9 Å². The van der Waals surface area contributed by atoms with Gasteiger partial charge in [-0.15, -0.1) is 0 Å². The van der Waals surface area contributed by atoms with Crippen molar-refractivity contribution in [2.24, 2.45) is 5.92 Å². The predicted molar refractivity (Wildman–Crippen MR) is 92.7 cm³/mol. The summed E-state index contributed by atoms with van der Waals surface area (Å²) in [6.45, 7) is 2.28. The summed E-state index contributed by atoms with van der Waals surface area (Å²) in [5.74, 6) is 0.474. The zero-order valence-electron chi connectivity index (χ0n) is 14.0. The van der Waals surface area contributed by atoms with Crippen LogP contribution in [-0.4, -0.2) is 54.9 Å². The molecule has 0 radical (unpaired) electrons. The van der Waals surface area contributed by atoms with Crippen LogP contribution < -0.4 is 10.0 Å². The first-order valence-corrected chi connectivity index (χ1v) is 10.9. The first-order chi connectivity index (χ1) is 11.2. The molecule has 24 heavy (non-hydrogen) atoms. The van der Waals surface area contributed by atoms with E-state index in [-0.39, 0.29) is 9.79 Å². The van der Waals surface area contributed by atoms with Crippen LogP contribution in [0.5, 0.6) is 0 Å². The second kappa shape index (κ2) is 7.92. The van der Waals surface area contributed by atoms with Crippen LogP contribution in [-0.2, 0) is 20.0 Å². The fourth-order valence-electron chi connectivity index (χ4n) is 2.66. The smallest absolute Gasteiger partial charge is 0.242 e. The second-order valence-electron chi connectivity index (χ2n) is 6.16. The number of nitrogens with zero attached hydrogens (tertiary/aromatic N) is 1. The number of sulfonamides is 2. The van der Waals surface area contributed by atoms with Crippen molar-refractivity contribution in [3.05, 3.63) is 24.3 Å². The quantitative estimate of drug-likeness (QED) is 0.728.